The number of hydrogen-bond acceptors (Lipinski definition) is 2. The maximum atomic E-state index is 8.95. The van der Waals surface area contributed by atoms with Crippen molar-refractivity contribution in [2.75, 3.05) is 0 Å². The second kappa shape index (κ2) is 7.79. The first-order valence-corrected chi connectivity index (χ1v) is 5.35. The van der Waals surface area contributed by atoms with E-state index in [1.165, 1.54) is 5.56 Å². The van der Waals surface area contributed by atoms with Crippen LogP contribution in [0.25, 0.3) is 0 Å². The fourth-order valence-electron chi connectivity index (χ4n) is 0.534. The molecule has 70 valence electrons. The van der Waals surface area contributed by atoms with Crippen LogP contribution in [0.15, 0.2) is 30.3 Å². The van der Waals surface area contributed by atoms with Crippen molar-refractivity contribution < 1.29 is 44.0 Å². The Balaban J connectivity index is -0.000000159. The minimum Gasteiger partial charge on any atom is -1.00 e. The third-order valence-electron chi connectivity index (χ3n) is 0.940. The number of aryl methyl sites for hydroxylation is 1. The van der Waals surface area contributed by atoms with Gasteiger partial charge in [-0.15, -0.1) is 0 Å². The van der Waals surface area contributed by atoms with Crippen molar-refractivity contribution in [3.63, 3.8) is 0 Å². The van der Waals surface area contributed by atoms with Crippen LogP contribution in [0.3, 0.4) is 0 Å². The van der Waals surface area contributed by atoms with Gasteiger partial charge in [-0.05, 0) is 6.92 Å². The molecule has 0 fully saturated rings. The Kier molecular flexibility index (Phi) is 9.51. The predicted molar refractivity (Wildman–Crippen MR) is 49.7 cm³/mol. The molecule has 0 aromatic heterocycles. The van der Waals surface area contributed by atoms with Gasteiger partial charge in [-0.3, -0.25) is 4.55 Å². The molecule has 0 aliphatic carbocycles. The van der Waals surface area contributed by atoms with Crippen molar-refractivity contribution in [3.8, 4) is 0 Å². The summed E-state index contributed by atoms with van der Waals surface area (Å²) in [5.41, 5.74) is 1.32. The summed E-state index contributed by atoms with van der Waals surface area (Å²) in [5, 5.41) is 0. The van der Waals surface area contributed by atoms with Crippen molar-refractivity contribution in [1.82, 2.24) is 0 Å². The molecule has 3 nitrogen and oxygen atoms in total. The Morgan fingerprint density at radius 2 is 1.62 bits per heavy atom. The largest absolute Gasteiger partial charge is 1.00 e. The first kappa shape index (κ1) is 15.9. The monoisotopic (exact) mass is 232 g/mol. The smallest absolute Gasteiger partial charge is 1.00 e. The number of hydrogen-bond donors (Lipinski definition) is 1. The fraction of sp³-hybridized carbons (Fsp3) is 0.143. The summed E-state index contributed by atoms with van der Waals surface area (Å²) in [7, 11) is -0.137. The van der Waals surface area contributed by atoms with Crippen LogP contribution in [-0.2, 0) is 9.33 Å². The van der Waals surface area contributed by atoms with Gasteiger partial charge in [0.05, 0.1) is 0 Å². The van der Waals surface area contributed by atoms with Gasteiger partial charge in [0.15, 0.2) is 0 Å². The molecule has 1 aromatic rings. The zero-order chi connectivity index (χ0) is 9.61. The summed E-state index contributed by atoms with van der Waals surface area (Å²) in [6.45, 7) is 2.08. The van der Waals surface area contributed by atoms with E-state index in [9.17, 15) is 0 Å². The molecule has 0 atom stereocenters. The number of benzene rings is 1. The van der Waals surface area contributed by atoms with Gasteiger partial charge >= 0.3 is 38.9 Å². The fourth-order valence-corrected chi connectivity index (χ4v) is 0.534. The Hall–Kier alpha value is 0.420. The van der Waals surface area contributed by atoms with E-state index >= 15 is 0 Å². The average Bonchev–Trinajstić information content (AvgIpc) is 1.85. The molecule has 0 spiro atoms. The molecule has 0 radical (unpaired) electrons. The molecule has 6 heteroatoms. The maximum Gasteiger partial charge on any atom is 1.00 e. The van der Waals surface area contributed by atoms with Crippen LogP contribution in [0.1, 0.15) is 6.99 Å². The summed E-state index contributed by atoms with van der Waals surface area (Å²) in [5.74, 6) is 0. The van der Waals surface area contributed by atoms with Gasteiger partial charge in [0, 0.05) is 10.7 Å². The Morgan fingerprint density at radius 1 is 1.31 bits per heavy atom. The third-order valence-corrected chi connectivity index (χ3v) is 0.940. The zero-order valence-electron chi connectivity index (χ0n) is 8.44. The van der Waals surface area contributed by atoms with Gasteiger partial charge in [-0.1, -0.05) is 35.9 Å². The molecule has 0 saturated heterocycles. The van der Waals surface area contributed by atoms with Crippen molar-refractivity contribution in [1.29, 1.82) is 0 Å². The Bertz CT molecular complexity index is 309. The van der Waals surface area contributed by atoms with E-state index in [0.29, 0.717) is 0 Å². The molecule has 13 heavy (non-hydrogen) atoms. The minimum absolute atomic E-state index is 0. The molecular weight excluding hydrogens is 223 g/mol. The second-order valence-corrected chi connectivity index (χ2v) is 4.06. The third kappa shape index (κ3) is 19.0. The van der Waals surface area contributed by atoms with Crippen LogP contribution < -0.4 is 29.6 Å². The van der Waals surface area contributed by atoms with Gasteiger partial charge in [0.25, 0.3) is 0 Å². The molecule has 0 amide bonds. The van der Waals surface area contributed by atoms with E-state index in [0.717, 1.165) is 0 Å². The Labute approximate surface area is 106 Å². The minimum atomic E-state index is -4.19. The van der Waals surface area contributed by atoms with Crippen LogP contribution in [0.5, 0.6) is 0 Å². The van der Waals surface area contributed by atoms with Crippen molar-refractivity contribution in [2.45, 2.75) is 6.92 Å². The molecule has 1 N–H and O–H groups in total. The van der Waals surface area contributed by atoms with Crippen molar-refractivity contribution in [2.24, 2.45) is 0 Å². The molecule has 0 bridgehead atoms. The molecule has 0 heterocycles. The van der Waals surface area contributed by atoms with E-state index in [2.05, 4.69) is 29.7 Å². The predicted octanol–water partition coefficient (Wildman–Crippen LogP) is -0.860. The molecule has 0 unspecified atom stereocenters. The van der Waals surface area contributed by atoms with Crippen LogP contribution >= 0.6 is 10.7 Å². The normalized spacial score (nSPS) is 9.15. The average molecular weight is 233 g/mol. The molecule has 0 aliphatic rings. The quantitative estimate of drug-likeness (QED) is 0.360. The van der Waals surface area contributed by atoms with E-state index in [1.807, 2.05) is 18.2 Å². The molecule has 0 aliphatic heterocycles. The second-order valence-electron chi connectivity index (χ2n) is 2.07. The van der Waals surface area contributed by atoms with Gasteiger partial charge in [0.1, 0.15) is 0 Å². The topological polar surface area (TPSA) is 54.4 Å². The van der Waals surface area contributed by atoms with E-state index < -0.39 is 9.33 Å². The van der Waals surface area contributed by atoms with Crippen LogP contribution in [0.4, 0.5) is 0 Å². The number of rotatable bonds is 0. The molecule has 1 aromatic carbocycles. The standard InChI is InChI=1S/C7H8.ClHO3S.Na.H/c1-7-5-3-2-4-6-7;1-5(2,3)4;;/h2-6H,1H3;(H,2,3,4);;/q;;+1;-1. The maximum absolute atomic E-state index is 8.95. The van der Waals surface area contributed by atoms with E-state index in [1.54, 1.807) is 0 Å². The molecular formula is C7H10ClNaO3S. The van der Waals surface area contributed by atoms with Gasteiger partial charge in [-0.2, -0.15) is 8.42 Å². The first-order valence-electron chi connectivity index (χ1n) is 3.08. The van der Waals surface area contributed by atoms with Gasteiger partial charge < -0.3 is 1.43 Å². The Morgan fingerprint density at radius 3 is 1.77 bits per heavy atom. The van der Waals surface area contributed by atoms with Crippen LogP contribution in [0, 0.1) is 6.92 Å². The van der Waals surface area contributed by atoms with E-state index in [-0.39, 0.29) is 31.0 Å². The molecule has 1 rings (SSSR count). The van der Waals surface area contributed by atoms with E-state index in [4.69, 9.17) is 13.0 Å². The van der Waals surface area contributed by atoms with Gasteiger partial charge in [-0.25, -0.2) is 0 Å². The molecule has 0 saturated carbocycles. The summed E-state index contributed by atoms with van der Waals surface area (Å²) in [6.07, 6.45) is 0. The summed E-state index contributed by atoms with van der Waals surface area (Å²) < 4.78 is 25.2. The number of halogens is 1. The summed E-state index contributed by atoms with van der Waals surface area (Å²) >= 11 is 0. The first-order chi connectivity index (χ1) is 5.39. The van der Waals surface area contributed by atoms with Crippen LogP contribution in [-0.4, -0.2) is 13.0 Å². The van der Waals surface area contributed by atoms with Gasteiger partial charge in [0.2, 0.25) is 0 Å². The zero-order valence-corrected chi connectivity index (χ0v) is 11.0. The van der Waals surface area contributed by atoms with Crippen molar-refractivity contribution in [3.05, 3.63) is 35.9 Å². The SMILES string of the molecule is Cc1ccccc1.O=S(=O)(O)Cl.[H-].[Na+]. The van der Waals surface area contributed by atoms with Crippen molar-refractivity contribution >= 4 is 20.0 Å². The summed E-state index contributed by atoms with van der Waals surface area (Å²) in [6, 6.07) is 10.3. The summed E-state index contributed by atoms with van der Waals surface area (Å²) in [4.78, 5) is 0. The van der Waals surface area contributed by atoms with Crippen LogP contribution in [0.2, 0.25) is 0 Å².